The van der Waals surface area contributed by atoms with Crippen LogP contribution in [0.1, 0.15) is 25.1 Å². The van der Waals surface area contributed by atoms with Gasteiger partial charge >= 0.3 is 0 Å². The lowest BCUT2D eigenvalue weighted by Gasteiger charge is -2.24. The summed E-state index contributed by atoms with van der Waals surface area (Å²) in [4.78, 5) is 1.25. The van der Waals surface area contributed by atoms with Crippen molar-refractivity contribution in [3.05, 3.63) is 19.8 Å². The van der Waals surface area contributed by atoms with E-state index in [-0.39, 0.29) is 5.41 Å². The van der Waals surface area contributed by atoms with Gasteiger partial charge in [-0.1, -0.05) is 25.4 Å². The maximum absolute atomic E-state index is 5.99. The molecule has 0 spiro atoms. The minimum atomic E-state index is 0.258. The van der Waals surface area contributed by atoms with Gasteiger partial charge in [0.1, 0.15) is 4.34 Å². The molecule has 1 heterocycles. The van der Waals surface area contributed by atoms with Gasteiger partial charge in [0.25, 0.3) is 0 Å². The van der Waals surface area contributed by atoms with Crippen LogP contribution in [-0.2, 0) is 11.3 Å². The average Bonchev–Trinajstić information content (AvgIpc) is 2.55. The molecule has 0 aliphatic heterocycles. The average molecular weight is 341 g/mol. The second-order valence-corrected chi connectivity index (χ2v) is 7.44. The van der Waals surface area contributed by atoms with Crippen LogP contribution >= 0.6 is 38.9 Å². The van der Waals surface area contributed by atoms with Crippen LogP contribution in [0.3, 0.4) is 0 Å². The molecule has 0 amide bonds. The Kier molecular flexibility index (Phi) is 6.45. The van der Waals surface area contributed by atoms with Crippen LogP contribution in [0.5, 0.6) is 0 Å². The van der Waals surface area contributed by atoms with Crippen molar-refractivity contribution in [2.75, 3.05) is 20.3 Å². The quantitative estimate of drug-likeness (QED) is 0.798. The zero-order valence-electron chi connectivity index (χ0n) is 10.5. The van der Waals surface area contributed by atoms with E-state index in [1.165, 1.54) is 4.88 Å². The molecular formula is C12H19BrClNOS. The SMILES string of the molecule is COCCC(C)(C)CNCc1cc(Br)c(Cl)s1. The van der Waals surface area contributed by atoms with E-state index in [1.54, 1.807) is 18.4 Å². The zero-order chi connectivity index (χ0) is 12.9. The van der Waals surface area contributed by atoms with Gasteiger partial charge in [0, 0.05) is 36.2 Å². The number of halogens is 2. The highest BCUT2D eigenvalue weighted by molar-refractivity contribution is 9.10. The predicted octanol–water partition coefficient (Wildman–Crippen LogP) is 4.32. The van der Waals surface area contributed by atoms with Crippen LogP contribution in [0.4, 0.5) is 0 Å². The topological polar surface area (TPSA) is 21.3 Å². The summed E-state index contributed by atoms with van der Waals surface area (Å²) in [5.41, 5.74) is 0.258. The van der Waals surface area contributed by atoms with E-state index >= 15 is 0 Å². The molecule has 1 N–H and O–H groups in total. The van der Waals surface area contributed by atoms with Gasteiger partial charge in [-0.05, 0) is 33.8 Å². The Balaban J connectivity index is 2.31. The molecule has 0 unspecified atom stereocenters. The first-order chi connectivity index (χ1) is 7.94. The molecule has 0 saturated carbocycles. The molecule has 1 aromatic rings. The molecular weight excluding hydrogens is 322 g/mol. The van der Waals surface area contributed by atoms with Gasteiger partial charge in [-0.2, -0.15) is 0 Å². The van der Waals surface area contributed by atoms with Crippen molar-refractivity contribution in [1.29, 1.82) is 0 Å². The van der Waals surface area contributed by atoms with Crippen molar-refractivity contribution in [3.63, 3.8) is 0 Å². The van der Waals surface area contributed by atoms with Gasteiger partial charge < -0.3 is 10.1 Å². The minimum absolute atomic E-state index is 0.258. The van der Waals surface area contributed by atoms with Gasteiger partial charge in [-0.15, -0.1) is 11.3 Å². The molecule has 0 aliphatic rings. The number of methoxy groups -OCH3 is 1. The number of ether oxygens (including phenoxy) is 1. The summed E-state index contributed by atoms with van der Waals surface area (Å²) in [7, 11) is 1.74. The Labute approximate surface area is 121 Å². The zero-order valence-corrected chi connectivity index (χ0v) is 13.6. The molecule has 0 bridgehead atoms. The Morgan fingerprint density at radius 3 is 2.76 bits per heavy atom. The second kappa shape index (κ2) is 7.10. The van der Waals surface area contributed by atoms with Crippen LogP contribution in [0.2, 0.25) is 4.34 Å². The standard InChI is InChI=1S/C12H19BrClNOS/c1-12(2,4-5-16-3)8-15-7-9-6-10(13)11(14)17-9/h6,15H,4-5,7-8H2,1-3H3. The number of nitrogens with one attached hydrogen (secondary N) is 1. The third-order valence-corrected chi connectivity index (χ3v) is 5.06. The molecule has 0 fully saturated rings. The van der Waals surface area contributed by atoms with Gasteiger partial charge in [0.15, 0.2) is 0 Å². The van der Waals surface area contributed by atoms with E-state index in [2.05, 4.69) is 41.2 Å². The molecule has 1 rings (SSSR count). The van der Waals surface area contributed by atoms with Crippen molar-refractivity contribution >= 4 is 38.9 Å². The Hall–Kier alpha value is 0.390. The number of thiophene rings is 1. The van der Waals surface area contributed by atoms with Crippen LogP contribution in [0.25, 0.3) is 0 Å². The summed E-state index contributed by atoms with van der Waals surface area (Å²) >= 11 is 11.0. The molecule has 1 aromatic heterocycles. The number of hydrogen-bond donors (Lipinski definition) is 1. The van der Waals surface area contributed by atoms with Gasteiger partial charge in [-0.3, -0.25) is 0 Å². The molecule has 0 saturated heterocycles. The lowest BCUT2D eigenvalue weighted by Crippen LogP contribution is -2.29. The van der Waals surface area contributed by atoms with Crippen molar-refractivity contribution in [2.45, 2.75) is 26.8 Å². The summed E-state index contributed by atoms with van der Waals surface area (Å²) < 4.78 is 6.92. The first-order valence-electron chi connectivity index (χ1n) is 5.58. The Morgan fingerprint density at radius 2 is 2.24 bits per heavy atom. The number of rotatable bonds is 7. The molecule has 0 aliphatic carbocycles. The Bertz CT molecular complexity index is 335. The highest BCUT2D eigenvalue weighted by Gasteiger charge is 2.17. The van der Waals surface area contributed by atoms with Gasteiger partial charge in [0.05, 0.1) is 0 Å². The molecule has 98 valence electrons. The van der Waals surface area contributed by atoms with Crippen LogP contribution in [0, 0.1) is 5.41 Å². The largest absolute Gasteiger partial charge is 0.385 e. The first-order valence-corrected chi connectivity index (χ1v) is 7.57. The van der Waals surface area contributed by atoms with Crippen LogP contribution in [0.15, 0.2) is 10.5 Å². The summed E-state index contributed by atoms with van der Waals surface area (Å²) in [6, 6.07) is 2.07. The van der Waals surface area contributed by atoms with Crippen molar-refractivity contribution in [2.24, 2.45) is 5.41 Å². The monoisotopic (exact) mass is 339 g/mol. The maximum Gasteiger partial charge on any atom is 0.107 e. The summed E-state index contributed by atoms with van der Waals surface area (Å²) in [6.07, 6.45) is 1.06. The highest BCUT2D eigenvalue weighted by Crippen LogP contribution is 2.32. The first kappa shape index (κ1) is 15.4. The second-order valence-electron chi connectivity index (χ2n) is 4.84. The smallest absolute Gasteiger partial charge is 0.107 e. The Morgan fingerprint density at radius 1 is 1.53 bits per heavy atom. The lowest BCUT2D eigenvalue weighted by molar-refractivity contribution is 0.150. The van der Waals surface area contributed by atoms with E-state index in [0.717, 1.165) is 34.9 Å². The molecule has 0 aromatic carbocycles. The van der Waals surface area contributed by atoms with E-state index < -0.39 is 0 Å². The van der Waals surface area contributed by atoms with Crippen molar-refractivity contribution in [1.82, 2.24) is 5.32 Å². The van der Waals surface area contributed by atoms with Crippen LogP contribution < -0.4 is 5.32 Å². The van der Waals surface area contributed by atoms with Gasteiger partial charge in [-0.25, -0.2) is 0 Å². The van der Waals surface area contributed by atoms with Crippen LogP contribution in [-0.4, -0.2) is 20.3 Å². The van der Waals surface area contributed by atoms with Gasteiger partial charge in [0.2, 0.25) is 0 Å². The minimum Gasteiger partial charge on any atom is -0.385 e. The lowest BCUT2D eigenvalue weighted by atomic mass is 9.90. The third-order valence-electron chi connectivity index (χ3n) is 2.58. The highest BCUT2D eigenvalue weighted by atomic mass is 79.9. The molecule has 0 atom stereocenters. The predicted molar refractivity (Wildman–Crippen MR) is 79.0 cm³/mol. The van der Waals surface area contributed by atoms with E-state index in [1.807, 2.05) is 0 Å². The molecule has 5 heteroatoms. The summed E-state index contributed by atoms with van der Waals surface area (Å²) in [5, 5.41) is 3.47. The molecule has 17 heavy (non-hydrogen) atoms. The normalized spacial score (nSPS) is 12.1. The molecule has 0 radical (unpaired) electrons. The van der Waals surface area contributed by atoms with E-state index in [9.17, 15) is 0 Å². The fourth-order valence-corrected chi connectivity index (χ4v) is 3.23. The summed E-state index contributed by atoms with van der Waals surface area (Å²) in [5.74, 6) is 0. The fourth-order valence-electron chi connectivity index (χ4n) is 1.47. The maximum atomic E-state index is 5.99. The van der Waals surface area contributed by atoms with E-state index in [4.69, 9.17) is 16.3 Å². The molecule has 2 nitrogen and oxygen atoms in total. The van der Waals surface area contributed by atoms with Crippen molar-refractivity contribution < 1.29 is 4.74 Å². The van der Waals surface area contributed by atoms with Crippen molar-refractivity contribution in [3.8, 4) is 0 Å². The third kappa shape index (κ3) is 5.71. The number of hydrogen-bond acceptors (Lipinski definition) is 3. The van der Waals surface area contributed by atoms with E-state index in [0.29, 0.717) is 0 Å². The summed E-state index contributed by atoms with van der Waals surface area (Å²) in [6.45, 7) is 7.15. The fraction of sp³-hybridized carbons (Fsp3) is 0.667.